The second kappa shape index (κ2) is 4.16. The van der Waals surface area contributed by atoms with Gasteiger partial charge in [-0.2, -0.15) is 0 Å². The Morgan fingerprint density at radius 1 is 1.36 bits per heavy atom. The van der Waals surface area contributed by atoms with E-state index in [2.05, 4.69) is 0 Å². The summed E-state index contributed by atoms with van der Waals surface area (Å²) in [6.45, 7) is 6.08. The molecule has 2 nitrogen and oxygen atoms in total. The highest BCUT2D eigenvalue weighted by molar-refractivity contribution is 8.72. The molecule has 0 saturated heterocycles. The zero-order chi connectivity index (χ0) is 9.12. The lowest BCUT2D eigenvalue weighted by atomic mass is 11.8. The maximum absolute atomic E-state index is 11.2. The summed E-state index contributed by atoms with van der Waals surface area (Å²) in [5.74, 6) is 0. The molecule has 0 aliphatic carbocycles. The first-order valence-corrected chi connectivity index (χ1v) is 10.6. The summed E-state index contributed by atoms with van der Waals surface area (Å²) in [7, 11) is -3.61. The summed E-state index contributed by atoms with van der Waals surface area (Å²) < 4.78 is 22.3. The van der Waals surface area contributed by atoms with Crippen molar-refractivity contribution < 1.29 is 8.42 Å². The lowest BCUT2D eigenvalue weighted by Gasteiger charge is -2.14. The lowest BCUT2D eigenvalue weighted by Crippen LogP contribution is -2.30. The van der Waals surface area contributed by atoms with Gasteiger partial charge in [-0.15, -0.1) is 11.6 Å². The highest BCUT2D eigenvalue weighted by atomic mass is 35.5. The first kappa shape index (κ1) is 11.8. The summed E-state index contributed by atoms with van der Waals surface area (Å²) in [5.41, 5.74) is 0. The van der Waals surface area contributed by atoms with Crippen LogP contribution in [0, 0.1) is 0 Å². The monoisotopic (exact) mass is 232 g/mol. The smallest absolute Gasteiger partial charge is 0.200 e. The molecule has 0 heterocycles. The predicted molar refractivity (Wildman–Crippen MR) is 55.4 cm³/mol. The Hall–Kier alpha value is 0.807. The van der Waals surface area contributed by atoms with Crippen LogP contribution in [0.4, 0.5) is 0 Å². The molecule has 68 valence electrons. The van der Waals surface area contributed by atoms with Crippen LogP contribution in [0.25, 0.3) is 0 Å². The largest absolute Gasteiger partial charge is 0.218 e. The van der Waals surface area contributed by atoms with E-state index >= 15 is 0 Å². The fourth-order valence-electron chi connectivity index (χ4n) is 0.640. The normalized spacial score (nSPS) is 13.5. The van der Waals surface area contributed by atoms with Gasteiger partial charge in [0.05, 0.1) is 18.7 Å². The summed E-state index contributed by atoms with van der Waals surface area (Å²) in [5, 5.41) is 0.449. The molecule has 0 bridgehead atoms. The summed E-state index contributed by atoms with van der Waals surface area (Å²) in [4.78, 5) is 0. The van der Waals surface area contributed by atoms with E-state index in [4.69, 9.17) is 11.6 Å². The molecule has 0 rings (SSSR count). The number of alkyl halides is 1. The topological polar surface area (TPSA) is 34.1 Å². The van der Waals surface area contributed by atoms with Crippen molar-refractivity contribution in [2.24, 2.45) is 0 Å². The quantitative estimate of drug-likeness (QED) is 0.423. The minimum atomic E-state index is -2.94. The Morgan fingerprint density at radius 2 is 1.82 bits per heavy atom. The van der Waals surface area contributed by atoms with Gasteiger partial charge in [-0.25, -0.2) is 8.42 Å². The SMILES string of the molecule is C[Si](C)(C)CS(=O)(=O)SCCl. The van der Waals surface area contributed by atoms with Gasteiger partial charge in [0.2, 0.25) is 0 Å². The second-order valence-corrected chi connectivity index (χ2v) is 14.2. The van der Waals surface area contributed by atoms with E-state index in [1.807, 2.05) is 19.6 Å². The van der Waals surface area contributed by atoms with Gasteiger partial charge in [-0.05, 0) is 10.8 Å². The number of rotatable bonds is 4. The molecule has 6 heteroatoms. The zero-order valence-electron chi connectivity index (χ0n) is 6.93. The van der Waals surface area contributed by atoms with E-state index in [-0.39, 0.29) is 5.21 Å². The average Bonchev–Trinajstić information content (AvgIpc) is 1.55. The molecule has 0 amide bonds. The Bertz CT molecular complexity index is 207. The molecule has 0 radical (unpaired) electrons. The van der Waals surface area contributed by atoms with Gasteiger partial charge in [0, 0.05) is 0 Å². The fraction of sp³-hybridized carbons (Fsp3) is 1.00. The number of hydrogen-bond donors (Lipinski definition) is 0. The molecule has 0 aromatic carbocycles. The van der Waals surface area contributed by atoms with Crippen LogP contribution in [0.5, 0.6) is 0 Å². The van der Waals surface area contributed by atoms with Gasteiger partial charge >= 0.3 is 0 Å². The van der Waals surface area contributed by atoms with Crippen molar-refractivity contribution in [3.05, 3.63) is 0 Å². The summed E-state index contributed by atoms with van der Waals surface area (Å²) >= 11 is 5.31. The molecule has 0 fully saturated rings. The van der Waals surface area contributed by atoms with Gasteiger partial charge in [0.25, 0.3) is 0 Å². The van der Waals surface area contributed by atoms with Gasteiger partial charge in [-0.1, -0.05) is 19.6 Å². The second-order valence-electron chi connectivity index (χ2n) is 3.49. The molecule has 0 spiro atoms. The third kappa shape index (κ3) is 7.18. The molecule has 0 aromatic rings. The summed E-state index contributed by atoms with van der Waals surface area (Å²) in [6.07, 6.45) is 0. The van der Waals surface area contributed by atoms with Crippen molar-refractivity contribution in [2.75, 3.05) is 10.6 Å². The van der Waals surface area contributed by atoms with Crippen LogP contribution in [0.15, 0.2) is 0 Å². The Morgan fingerprint density at radius 3 is 2.09 bits per heavy atom. The molecule has 0 aliphatic rings. The maximum atomic E-state index is 11.2. The molecule has 0 aliphatic heterocycles. The van der Waals surface area contributed by atoms with Gasteiger partial charge < -0.3 is 0 Å². The molecule has 0 unspecified atom stereocenters. The molecule has 0 N–H and O–H groups in total. The van der Waals surface area contributed by atoms with Crippen molar-refractivity contribution in [1.29, 1.82) is 0 Å². The van der Waals surface area contributed by atoms with Crippen LogP contribution >= 0.6 is 22.4 Å². The van der Waals surface area contributed by atoms with Crippen LogP contribution in [-0.2, 0) is 8.87 Å². The van der Waals surface area contributed by atoms with E-state index < -0.39 is 16.9 Å². The van der Waals surface area contributed by atoms with E-state index in [9.17, 15) is 8.42 Å². The van der Waals surface area contributed by atoms with Crippen LogP contribution in [0.1, 0.15) is 0 Å². The van der Waals surface area contributed by atoms with E-state index in [0.717, 1.165) is 10.8 Å². The Kier molecular flexibility index (Phi) is 4.46. The zero-order valence-corrected chi connectivity index (χ0v) is 10.3. The highest BCUT2D eigenvalue weighted by Gasteiger charge is 2.23. The van der Waals surface area contributed by atoms with Gasteiger partial charge in [0.15, 0.2) is 8.87 Å². The molecule has 11 heavy (non-hydrogen) atoms. The van der Waals surface area contributed by atoms with E-state index in [1.54, 1.807) is 0 Å². The van der Waals surface area contributed by atoms with Crippen LogP contribution in [-0.4, -0.2) is 27.1 Å². The first-order chi connectivity index (χ1) is 4.77. The Balaban J connectivity index is 4.15. The minimum absolute atomic E-state index is 0.132. The number of halogens is 1. The van der Waals surface area contributed by atoms with Crippen LogP contribution in [0.3, 0.4) is 0 Å². The average molecular weight is 233 g/mol. The molecule has 0 atom stereocenters. The maximum Gasteiger partial charge on any atom is 0.200 e. The Labute approximate surface area is 78.0 Å². The standard InChI is InChI=1S/C5H13ClO2S2Si/c1-11(2,3)5-10(7,8)9-4-6/h4-5H2,1-3H3. The minimum Gasteiger partial charge on any atom is -0.218 e. The van der Waals surface area contributed by atoms with Crippen LogP contribution in [0.2, 0.25) is 19.6 Å². The first-order valence-electron chi connectivity index (χ1n) is 3.20. The van der Waals surface area contributed by atoms with Crippen molar-refractivity contribution in [2.45, 2.75) is 19.6 Å². The van der Waals surface area contributed by atoms with Gasteiger partial charge in [0.1, 0.15) is 0 Å². The predicted octanol–water partition coefficient (Wildman–Crippen LogP) is 2.12. The third-order valence-corrected chi connectivity index (χ3v) is 9.37. The van der Waals surface area contributed by atoms with E-state index in [0.29, 0.717) is 5.38 Å². The van der Waals surface area contributed by atoms with Crippen LogP contribution < -0.4 is 0 Å². The van der Waals surface area contributed by atoms with Crippen molar-refractivity contribution in [3.8, 4) is 0 Å². The lowest BCUT2D eigenvalue weighted by molar-refractivity contribution is 0.614. The molecular weight excluding hydrogens is 220 g/mol. The number of hydrogen-bond acceptors (Lipinski definition) is 3. The molecule has 0 saturated carbocycles. The highest BCUT2D eigenvalue weighted by Crippen LogP contribution is 2.18. The van der Waals surface area contributed by atoms with E-state index in [1.165, 1.54) is 0 Å². The molecular formula is C5H13ClO2S2Si. The third-order valence-electron chi connectivity index (χ3n) is 0.834. The van der Waals surface area contributed by atoms with Crippen molar-refractivity contribution in [3.63, 3.8) is 0 Å². The fourth-order valence-corrected chi connectivity index (χ4v) is 10.9. The molecule has 0 aromatic heterocycles. The summed E-state index contributed by atoms with van der Waals surface area (Å²) in [6, 6.07) is 0. The van der Waals surface area contributed by atoms with Crippen molar-refractivity contribution in [1.82, 2.24) is 0 Å². The van der Waals surface area contributed by atoms with Crippen molar-refractivity contribution >= 4 is 39.3 Å². The van der Waals surface area contributed by atoms with Gasteiger partial charge in [-0.3, -0.25) is 0 Å².